The van der Waals surface area contributed by atoms with E-state index in [9.17, 15) is 4.79 Å². The molecule has 39 heavy (non-hydrogen) atoms. The molecule has 1 amide bonds. The SMILES string of the molecule is CCOc1ccc(C2CC(C(=O)Nc3ccc(CN(C)C4CCOCC4)cc3)=Cc3ccccc3N2C)cc1. The van der Waals surface area contributed by atoms with Crippen molar-refractivity contribution in [3.63, 3.8) is 0 Å². The molecule has 0 aromatic heterocycles. The first-order valence-corrected chi connectivity index (χ1v) is 14.0. The van der Waals surface area contributed by atoms with Crippen molar-refractivity contribution in [2.45, 2.75) is 44.8 Å². The summed E-state index contributed by atoms with van der Waals surface area (Å²) in [5, 5.41) is 3.15. The quantitative estimate of drug-likeness (QED) is 0.374. The van der Waals surface area contributed by atoms with Crippen LogP contribution < -0.4 is 15.0 Å². The van der Waals surface area contributed by atoms with Gasteiger partial charge in [-0.2, -0.15) is 0 Å². The lowest BCUT2D eigenvalue weighted by Crippen LogP contribution is -2.36. The molecule has 2 heterocycles. The average molecular weight is 526 g/mol. The van der Waals surface area contributed by atoms with Gasteiger partial charge in [0.25, 0.3) is 5.91 Å². The first-order valence-electron chi connectivity index (χ1n) is 14.0. The van der Waals surface area contributed by atoms with Crippen LogP contribution in [-0.2, 0) is 16.1 Å². The van der Waals surface area contributed by atoms with Gasteiger partial charge in [-0.1, -0.05) is 42.5 Å². The third-order valence-corrected chi connectivity index (χ3v) is 7.85. The van der Waals surface area contributed by atoms with E-state index in [1.54, 1.807) is 0 Å². The van der Waals surface area contributed by atoms with Crippen LogP contribution in [0.2, 0.25) is 0 Å². The van der Waals surface area contributed by atoms with Crippen LogP contribution in [0.3, 0.4) is 0 Å². The highest BCUT2D eigenvalue weighted by molar-refractivity contribution is 6.07. The molecule has 3 aromatic rings. The number of carbonyl (C=O) groups excluding carboxylic acids is 1. The molecule has 1 atom stereocenters. The van der Waals surface area contributed by atoms with Crippen molar-refractivity contribution in [3.05, 3.63) is 95.1 Å². The van der Waals surface area contributed by atoms with Gasteiger partial charge in [-0.25, -0.2) is 0 Å². The van der Waals surface area contributed by atoms with Gasteiger partial charge in [0.2, 0.25) is 0 Å². The smallest absolute Gasteiger partial charge is 0.251 e. The molecule has 5 rings (SSSR count). The van der Waals surface area contributed by atoms with Crippen LogP contribution in [0.1, 0.15) is 48.9 Å². The number of benzene rings is 3. The Balaban J connectivity index is 1.31. The van der Waals surface area contributed by atoms with Crippen LogP contribution in [-0.4, -0.2) is 50.8 Å². The summed E-state index contributed by atoms with van der Waals surface area (Å²) >= 11 is 0. The number of nitrogens with zero attached hydrogens (tertiary/aromatic N) is 2. The monoisotopic (exact) mass is 525 g/mol. The van der Waals surface area contributed by atoms with E-state index in [0.29, 0.717) is 19.1 Å². The average Bonchev–Trinajstić information content (AvgIpc) is 3.12. The predicted molar refractivity (Wildman–Crippen MR) is 158 cm³/mol. The molecule has 1 unspecified atom stereocenters. The minimum atomic E-state index is -0.0666. The van der Waals surface area contributed by atoms with E-state index in [4.69, 9.17) is 9.47 Å². The van der Waals surface area contributed by atoms with Crippen molar-refractivity contribution in [2.24, 2.45) is 0 Å². The van der Waals surface area contributed by atoms with E-state index in [1.807, 2.05) is 49.4 Å². The van der Waals surface area contributed by atoms with Crippen molar-refractivity contribution in [1.82, 2.24) is 4.90 Å². The number of hydrogen-bond acceptors (Lipinski definition) is 5. The third-order valence-electron chi connectivity index (χ3n) is 7.85. The Morgan fingerprint density at radius 2 is 1.74 bits per heavy atom. The van der Waals surface area contributed by atoms with E-state index < -0.39 is 0 Å². The Bertz CT molecular complexity index is 1280. The molecular formula is C33H39N3O3. The Kier molecular flexibility index (Phi) is 8.64. The summed E-state index contributed by atoms with van der Waals surface area (Å²) in [6, 6.07) is 25.3. The molecule has 0 radical (unpaired) electrons. The van der Waals surface area contributed by atoms with Gasteiger partial charge in [0, 0.05) is 56.2 Å². The summed E-state index contributed by atoms with van der Waals surface area (Å²) in [5.41, 5.74) is 6.11. The number of carbonyl (C=O) groups is 1. The summed E-state index contributed by atoms with van der Waals surface area (Å²) in [6.45, 7) is 5.19. The molecule has 2 aliphatic heterocycles. The molecule has 0 spiro atoms. The molecule has 2 aliphatic rings. The lowest BCUT2D eigenvalue weighted by Gasteiger charge is -2.31. The second-order valence-electron chi connectivity index (χ2n) is 10.5. The van der Waals surface area contributed by atoms with Gasteiger partial charge < -0.3 is 19.7 Å². The summed E-state index contributed by atoms with van der Waals surface area (Å²) in [5.74, 6) is 0.789. The maximum Gasteiger partial charge on any atom is 0.251 e. The highest BCUT2D eigenvalue weighted by atomic mass is 16.5. The number of para-hydroxylation sites is 1. The fourth-order valence-electron chi connectivity index (χ4n) is 5.59. The maximum atomic E-state index is 13.6. The van der Waals surface area contributed by atoms with E-state index in [2.05, 4.69) is 65.6 Å². The van der Waals surface area contributed by atoms with E-state index in [0.717, 1.165) is 66.4 Å². The minimum Gasteiger partial charge on any atom is -0.494 e. The van der Waals surface area contributed by atoms with Crippen molar-refractivity contribution in [1.29, 1.82) is 0 Å². The first-order chi connectivity index (χ1) is 19.0. The zero-order valence-electron chi connectivity index (χ0n) is 23.2. The fourth-order valence-corrected chi connectivity index (χ4v) is 5.59. The van der Waals surface area contributed by atoms with Crippen LogP contribution in [0, 0.1) is 0 Å². The number of amides is 1. The summed E-state index contributed by atoms with van der Waals surface area (Å²) in [4.78, 5) is 18.3. The van der Waals surface area contributed by atoms with Gasteiger partial charge in [0.05, 0.1) is 12.6 Å². The molecule has 1 saturated heterocycles. The number of hydrogen-bond donors (Lipinski definition) is 1. The Morgan fingerprint density at radius 3 is 2.46 bits per heavy atom. The summed E-state index contributed by atoms with van der Waals surface area (Å²) in [7, 11) is 4.28. The standard InChI is InChI=1S/C33H39N3O3/c1-4-39-30-15-11-25(12-16-30)32-22-27(21-26-7-5-6-8-31(26)36(32)3)33(37)34-28-13-9-24(10-14-28)23-35(2)29-17-19-38-20-18-29/h5-16,21,29,32H,4,17-20,22-23H2,1-3H3,(H,34,37). The van der Waals surface area contributed by atoms with Crippen molar-refractivity contribution >= 4 is 23.4 Å². The summed E-state index contributed by atoms with van der Waals surface area (Å²) < 4.78 is 11.1. The van der Waals surface area contributed by atoms with E-state index >= 15 is 0 Å². The number of anilines is 2. The second kappa shape index (κ2) is 12.5. The molecule has 6 heteroatoms. The number of rotatable bonds is 8. The molecule has 3 aromatic carbocycles. The van der Waals surface area contributed by atoms with Crippen molar-refractivity contribution < 1.29 is 14.3 Å². The topological polar surface area (TPSA) is 54.0 Å². The highest BCUT2D eigenvalue weighted by Crippen LogP contribution is 2.38. The Hall–Kier alpha value is -3.61. The molecule has 1 fully saturated rings. The number of fused-ring (bicyclic) bond motifs is 1. The molecule has 0 saturated carbocycles. The zero-order valence-corrected chi connectivity index (χ0v) is 23.2. The molecular weight excluding hydrogens is 486 g/mol. The first kappa shape index (κ1) is 27.0. The minimum absolute atomic E-state index is 0.0180. The van der Waals surface area contributed by atoms with E-state index in [1.165, 1.54) is 5.56 Å². The van der Waals surface area contributed by atoms with Crippen molar-refractivity contribution in [3.8, 4) is 5.75 Å². The lowest BCUT2D eigenvalue weighted by atomic mass is 9.97. The van der Waals surface area contributed by atoms with Crippen LogP contribution in [0.5, 0.6) is 5.75 Å². The van der Waals surface area contributed by atoms with Gasteiger partial charge in [0.15, 0.2) is 0 Å². The van der Waals surface area contributed by atoms with Gasteiger partial charge >= 0.3 is 0 Å². The van der Waals surface area contributed by atoms with Gasteiger partial charge in [0.1, 0.15) is 5.75 Å². The normalized spacial score (nSPS) is 17.8. The third kappa shape index (κ3) is 6.52. The number of nitrogens with one attached hydrogen (secondary N) is 1. The van der Waals surface area contributed by atoms with Crippen LogP contribution >= 0.6 is 0 Å². The van der Waals surface area contributed by atoms with Gasteiger partial charge in [-0.3, -0.25) is 9.69 Å². The second-order valence-corrected chi connectivity index (χ2v) is 10.5. The van der Waals surface area contributed by atoms with Crippen LogP contribution in [0.25, 0.3) is 6.08 Å². The Labute approximate surface area is 232 Å². The lowest BCUT2D eigenvalue weighted by molar-refractivity contribution is -0.112. The number of ether oxygens (including phenoxy) is 2. The predicted octanol–water partition coefficient (Wildman–Crippen LogP) is 6.30. The van der Waals surface area contributed by atoms with Gasteiger partial charge in [-0.15, -0.1) is 0 Å². The fraction of sp³-hybridized carbons (Fsp3) is 0.364. The van der Waals surface area contributed by atoms with Crippen LogP contribution in [0.15, 0.2) is 78.4 Å². The van der Waals surface area contributed by atoms with E-state index in [-0.39, 0.29) is 11.9 Å². The molecule has 1 N–H and O–H groups in total. The molecule has 0 aliphatic carbocycles. The summed E-state index contributed by atoms with van der Waals surface area (Å²) in [6.07, 6.45) is 4.79. The highest BCUT2D eigenvalue weighted by Gasteiger charge is 2.27. The molecule has 0 bridgehead atoms. The van der Waals surface area contributed by atoms with Crippen LogP contribution in [0.4, 0.5) is 11.4 Å². The molecule has 204 valence electrons. The molecule has 6 nitrogen and oxygen atoms in total. The Morgan fingerprint density at radius 1 is 1.03 bits per heavy atom. The van der Waals surface area contributed by atoms with Crippen molar-refractivity contribution in [2.75, 3.05) is 44.1 Å². The maximum absolute atomic E-state index is 13.6. The van der Waals surface area contributed by atoms with Gasteiger partial charge in [-0.05, 0) is 79.9 Å². The zero-order chi connectivity index (χ0) is 27.2. The largest absolute Gasteiger partial charge is 0.494 e.